The molecule has 1 heterocycles. The van der Waals surface area contributed by atoms with Crippen molar-refractivity contribution in [3.63, 3.8) is 0 Å². The first-order valence-electron chi connectivity index (χ1n) is 5.21. The van der Waals surface area contributed by atoms with Crippen molar-refractivity contribution in [2.24, 2.45) is 0 Å². The first-order valence-corrected chi connectivity index (χ1v) is 5.21. The fourth-order valence-corrected chi connectivity index (χ4v) is 1.13. The summed E-state index contributed by atoms with van der Waals surface area (Å²) in [5.41, 5.74) is 0.660. The van der Waals surface area contributed by atoms with Crippen LogP contribution < -0.4 is 10.6 Å². The van der Waals surface area contributed by atoms with Crippen LogP contribution in [0.25, 0.3) is 0 Å². The van der Waals surface area contributed by atoms with Gasteiger partial charge in [0, 0.05) is 12.7 Å². The number of pyridine rings is 1. The number of aromatic nitrogens is 1. The molecule has 0 saturated carbocycles. The zero-order chi connectivity index (χ0) is 13.5. The van der Waals surface area contributed by atoms with Gasteiger partial charge >= 0.3 is 12.0 Å². The number of hydrogen-bond donors (Lipinski definition) is 3. The van der Waals surface area contributed by atoms with Crippen molar-refractivity contribution in [3.8, 4) is 12.3 Å². The van der Waals surface area contributed by atoms with Crippen LogP contribution in [0.5, 0.6) is 0 Å². The highest BCUT2D eigenvalue weighted by Crippen LogP contribution is 2.00. The van der Waals surface area contributed by atoms with E-state index in [0.29, 0.717) is 5.56 Å². The van der Waals surface area contributed by atoms with Crippen LogP contribution in [0, 0.1) is 12.3 Å². The van der Waals surface area contributed by atoms with Crippen molar-refractivity contribution in [2.75, 3.05) is 0 Å². The van der Waals surface area contributed by atoms with Gasteiger partial charge in [-0.15, -0.1) is 6.42 Å². The molecule has 18 heavy (non-hydrogen) atoms. The largest absolute Gasteiger partial charge is 0.477 e. The highest BCUT2D eigenvalue weighted by Gasteiger charge is 2.05. The molecule has 94 valence electrons. The number of nitrogens with zero attached hydrogens (tertiary/aromatic N) is 1. The molecule has 0 aliphatic rings. The van der Waals surface area contributed by atoms with E-state index in [-0.39, 0.29) is 24.3 Å². The summed E-state index contributed by atoms with van der Waals surface area (Å²) in [5.74, 6) is 1.28. The number of urea groups is 1. The number of carbonyl (C=O) groups is 2. The molecule has 0 spiro atoms. The third-order valence-electron chi connectivity index (χ3n) is 2.09. The quantitative estimate of drug-likeness (QED) is 0.679. The maximum Gasteiger partial charge on any atom is 0.354 e. The van der Waals surface area contributed by atoms with Gasteiger partial charge < -0.3 is 15.7 Å². The van der Waals surface area contributed by atoms with Gasteiger partial charge in [-0.2, -0.15) is 0 Å². The number of carbonyl (C=O) groups excluding carboxylic acids is 1. The smallest absolute Gasteiger partial charge is 0.354 e. The number of terminal acetylenes is 1. The van der Waals surface area contributed by atoms with Crippen molar-refractivity contribution in [1.29, 1.82) is 0 Å². The van der Waals surface area contributed by atoms with Crippen molar-refractivity contribution < 1.29 is 14.7 Å². The summed E-state index contributed by atoms with van der Waals surface area (Å²) in [4.78, 5) is 25.6. The van der Waals surface area contributed by atoms with Gasteiger partial charge in [-0.3, -0.25) is 0 Å². The van der Waals surface area contributed by atoms with Crippen LogP contribution >= 0.6 is 0 Å². The molecule has 1 aromatic rings. The van der Waals surface area contributed by atoms with Crippen LogP contribution in [-0.2, 0) is 6.54 Å². The second kappa shape index (κ2) is 6.25. The van der Waals surface area contributed by atoms with E-state index in [1.165, 1.54) is 12.3 Å². The monoisotopic (exact) mass is 247 g/mol. The number of amides is 2. The van der Waals surface area contributed by atoms with E-state index in [9.17, 15) is 9.59 Å². The van der Waals surface area contributed by atoms with E-state index in [2.05, 4.69) is 21.5 Å². The Morgan fingerprint density at radius 3 is 2.78 bits per heavy atom. The van der Waals surface area contributed by atoms with Crippen LogP contribution in [0.1, 0.15) is 23.0 Å². The Hall–Kier alpha value is -2.55. The molecule has 1 aromatic heterocycles. The van der Waals surface area contributed by atoms with Gasteiger partial charge in [0.05, 0.1) is 6.04 Å². The molecular weight excluding hydrogens is 234 g/mol. The Morgan fingerprint density at radius 1 is 1.56 bits per heavy atom. The molecule has 0 fully saturated rings. The van der Waals surface area contributed by atoms with E-state index in [1.807, 2.05) is 0 Å². The molecule has 0 aromatic carbocycles. The SMILES string of the molecule is C#CC(C)NC(=O)NCc1ccc(C(=O)O)nc1. The lowest BCUT2D eigenvalue weighted by Crippen LogP contribution is -2.39. The molecule has 0 saturated heterocycles. The minimum absolute atomic E-state index is 0.0378. The second-order valence-electron chi connectivity index (χ2n) is 3.57. The fraction of sp³-hybridized carbons (Fsp3) is 0.250. The van der Waals surface area contributed by atoms with Gasteiger partial charge in [0.25, 0.3) is 0 Å². The van der Waals surface area contributed by atoms with Crippen LogP contribution in [0.3, 0.4) is 0 Å². The normalized spacial score (nSPS) is 11.1. The highest BCUT2D eigenvalue weighted by molar-refractivity contribution is 5.85. The van der Waals surface area contributed by atoms with E-state index in [0.717, 1.165) is 0 Å². The molecular formula is C12H13N3O3. The molecule has 6 nitrogen and oxygen atoms in total. The van der Waals surface area contributed by atoms with Crippen molar-refractivity contribution in [1.82, 2.24) is 15.6 Å². The lowest BCUT2D eigenvalue weighted by Gasteiger charge is -2.09. The molecule has 3 N–H and O–H groups in total. The van der Waals surface area contributed by atoms with Crippen molar-refractivity contribution >= 4 is 12.0 Å². The fourth-order valence-electron chi connectivity index (χ4n) is 1.13. The minimum Gasteiger partial charge on any atom is -0.477 e. The van der Waals surface area contributed by atoms with E-state index in [1.54, 1.807) is 13.0 Å². The van der Waals surface area contributed by atoms with Crippen LogP contribution in [0.2, 0.25) is 0 Å². The molecule has 1 unspecified atom stereocenters. The zero-order valence-corrected chi connectivity index (χ0v) is 9.80. The standard InChI is InChI=1S/C12H13N3O3/c1-3-8(2)15-12(18)14-7-9-4-5-10(11(16)17)13-6-9/h1,4-6,8H,7H2,2H3,(H,16,17)(H2,14,15,18). The Kier molecular flexibility index (Phi) is 4.69. The highest BCUT2D eigenvalue weighted by atomic mass is 16.4. The lowest BCUT2D eigenvalue weighted by atomic mass is 10.2. The Labute approximate surface area is 104 Å². The maximum atomic E-state index is 11.3. The molecule has 0 aliphatic heterocycles. The molecule has 0 radical (unpaired) electrons. The van der Waals surface area contributed by atoms with Crippen LogP contribution in [0.15, 0.2) is 18.3 Å². The summed E-state index contributed by atoms with van der Waals surface area (Å²) < 4.78 is 0. The predicted molar refractivity (Wildman–Crippen MR) is 64.9 cm³/mol. The minimum atomic E-state index is -1.09. The summed E-state index contributed by atoms with van der Waals surface area (Å²) in [5, 5.41) is 13.8. The van der Waals surface area contributed by atoms with Gasteiger partial charge in [-0.25, -0.2) is 14.6 Å². The van der Waals surface area contributed by atoms with Gasteiger partial charge in [-0.05, 0) is 18.6 Å². The average molecular weight is 247 g/mol. The summed E-state index contributed by atoms with van der Waals surface area (Å²) in [6.07, 6.45) is 6.51. The third-order valence-corrected chi connectivity index (χ3v) is 2.09. The summed E-state index contributed by atoms with van der Waals surface area (Å²) in [7, 11) is 0. The first-order chi connectivity index (χ1) is 8.52. The average Bonchev–Trinajstić information content (AvgIpc) is 2.36. The lowest BCUT2D eigenvalue weighted by molar-refractivity contribution is 0.0690. The topological polar surface area (TPSA) is 91.3 Å². The molecule has 1 atom stereocenters. The summed E-state index contributed by atoms with van der Waals surface area (Å²) in [6.45, 7) is 1.93. The van der Waals surface area contributed by atoms with Crippen molar-refractivity contribution in [2.45, 2.75) is 19.5 Å². The molecule has 2 amide bonds. The Morgan fingerprint density at radius 2 is 2.28 bits per heavy atom. The molecule has 0 aliphatic carbocycles. The molecule has 6 heteroatoms. The molecule has 0 bridgehead atoms. The number of hydrogen-bond acceptors (Lipinski definition) is 3. The maximum absolute atomic E-state index is 11.3. The number of nitrogens with one attached hydrogen (secondary N) is 2. The van der Waals surface area contributed by atoms with Gasteiger partial charge in [0.1, 0.15) is 5.69 Å². The molecule has 1 rings (SSSR count). The number of aromatic carboxylic acids is 1. The van der Waals surface area contributed by atoms with E-state index >= 15 is 0 Å². The van der Waals surface area contributed by atoms with Crippen molar-refractivity contribution in [3.05, 3.63) is 29.6 Å². The zero-order valence-electron chi connectivity index (χ0n) is 9.80. The van der Waals surface area contributed by atoms with Gasteiger partial charge in [-0.1, -0.05) is 12.0 Å². The number of carboxylic acid groups (broad SMARTS) is 1. The number of rotatable bonds is 4. The third kappa shape index (κ3) is 4.14. The second-order valence-corrected chi connectivity index (χ2v) is 3.57. The Balaban J connectivity index is 2.47. The Bertz CT molecular complexity index is 476. The van der Waals surface area contributed by atoms with Gasteiger partial charge in [0.2, 0.25) is 0 Å². The van der Waals surface area contributed by atoms with Crippen LogP contribution in [0.4, 0.5) is 4.79 Å². The van der Waals surface area contributed by atoms with E-state index in [4.69, 9.17) is 11.5 Å². The van der Waals surface area contributed by atoms with Crippen LogP contribution in [-0.4, -0.2) is 28.1 Å². The van der Waals surface area contributed by atoms with E-state index < -0.39 is 5.97 Å². The van der Waals surface area contributed by atoms with Gasteiger partial charge in [0.15, 0.2) is 0 Å². The number of carboxylic acids is 1. The first kappa shape index (κ1) is 13.5. The summed E-state index contributed by atoms with van der Waals surface area (Å²) in [6, 6.07) is 2.23. The predicted octanol–water partition coefficient (Wildman–Crippen LogP) is 0.601. The summed E-state index contributed by atoms with van der Waals surface area (Å²) >= 11 is 0.